The number of hydrogen-bond acceptors (Lipinski definition) is 3. The van der Waals surface area contributed by atoms with E-state index >= 15 is 0 Å². The van der Waals surface area contributed by atoms with Crippen LogP contribution in [0.3, 0.4) is 0 Å². The first kappa shape index (κ1) is 56.5. The molecule has 0 bridgehead atoms. The van der Waals surface area contributed by atoms with Gasteiger partial charge in [0, 0.05) is 93.7 Å². The summed E-state index contributed by atoms with van der Waals surface area (Å²) in [7, 11) is 0. The smallest absolute Gasteiger partial charge is 0.252 e. The van der Waals surface area contributed by atoms with E-state index < -0.39 is 103 Å². The number of benzene rings is 16. The fourth-order valence-electron chi connectivity index (χ4n) is 19.2. The van der Waals surface area contributed by atoms with Gasteiger partial charge in [-0.05, 0) is 222 Å². The van der Waals surface area contributed by atoms with Crippen LogP contribution in [-0.2, 0) is 21.7 Å². The highest BCUT2D eigenvalue weighted by atomic mass is 16.3. The van der Waals surface area contributed by atoms with E-state index in [9.17, 15) is 19.2 Å². The fraction of sp³-hybridized carbons (Fsp3) is 0.143. The van der Waals surface area contributed by atoms with Crippen LogP contribution in [0, 0.1) is 0 Å². The molecule has 16 aromatic carbocycles. The quantitative estimate of drug-likeness (QED) is 0.142. The monoisotopic (exact) mass is 1560 g/mol. The second kappa shape index (κ2) is 25.8. The van der Waals surface area contributed by atoms with Gasteiger partial charge >= 0.3 is 0 Å². The highest BCUT2D eigenvalue weighted by molar-refractivity contribution is 7.00. The van der Waals surface area contributed by atoms with Crippen molar-refractivity contribution in [2.75, 3.05) is 9.80 Å². The lowest BCUT2D eigenvalue weighted by molar-refractivity contribution is 0.590. The average molecular weight is 1560 g/mol. The average Bonchev–Trinajstić information content (AvgIpc) is 1.15. The molecule has 0 spiro atoms. The molecule has 0 N–H and O–H groups in total. The number of anilines is 6. The number of hydrogen-bond donors (Lipinski definition) is 0. The van der Waals surface area contributed by atoms with Gasteiger partial charge in [0.25, 0.3) is 6.71 Å². The summed E-state index contributed by atoms with van der Waals surface area (Å²) >= 11 is 0. The molecule has 0 unspecified atom stereocenters. The van der Waals surface area contributed by atoms with Gasteiger partial charge in [-0.1, -0.05) is 277 Å². The second-order valence-corrected chi connectivity index (χ2v) is 36.6. The Balaban J connectivity index is 0.910. The Morgan fingerprint density at radius 2 is 0.592 bits per heavy atom. The molecule has 2 aliphatic heterocycles. The van der Waals surface area contributed by atoms with Crippen molar-refractivity contribution in [3.05, 3.63) is 356 Å². The van der Waals surface area contributed by atoms with Crippen LogP contribution in [0.15, 0.2) is 338 Å². The first-order valence-corrected chi connectivity index (χ1v) is 41.2. The minimum atomic E-state index is -0.710. The molecule has 0 saturated heterocycles. The van der Waals surface area contributed by atoms with Gasteiger partial charge in [0.1, 0.15) is 0 Å². The van der Waals surface area contributed by atoms with Gasteiger partial charge < -0.3 is 32.5 Å². The first-order valence-electron chi connectivity index (χ1n) is 49.2. The molecule has 0 fully saturated rings. The van der Waals surface area contributed by atoms with Crippen molar-refractivity contribution in [3.8, 4) is 45.0 Å². The summed E-state index contributed by atoms with van der Waals surface area (Å²) in [5.41, 5.74) is 19.7. The van der Waals surface area contributed by atoms with Crippen molar-refractivity contribution >= 4 is 166 Å². The third-order valence-corrected chi connectivity index (χ3v) is 25.2. The van der Waals surface area contributed by atoms with Gasteiger partial charge in [-0.3, -0.25) is 0 Å². The van der Waals surface area contributed by atoms with E-state index in [0.717, 1.165) is 110 Å². The zero-order chi connectivity index (χ0) is 95.2. The molecule has 0 saturated carbocycles. The maximum atomic E-state index is 10.3. The molecule has 7 nitrogen and oxygen atoms in total. The summed E-state index contributed by atoms with van der Waals surface area (Å²) in [6, 6.07) is 74.4. The fourth-order valence-corrected chi connectivity index (χ4v) is 19.2. The lowest BCUT2D eigenvalue weighted by Crippen LogP contribution is -2.61. The number of furan rings is 1. The van der Waals surface area contributed by atoms with Crippen LogP contribution >= 0.6 is 0 Å². The third-order valence-electron chi connectivity index (χ3n) is 25.2. The largest absolute Gasteiger partial charge is 0.452 e. The standard InChI is InChI=1S/C112H91BN6O/c1-109(2,3)72-45-53-96-86(60-72)87-61-73(110(4,5)6)46-54-97(87)114(96)76-49-51-90-102(64-76)117(78-58-70(68-29-15-13-16-30-68)57-71(59-78)69-31-17-14-18-32-69)104-66-79(116-92-39-23-19-33-80(92)81-34-20-24-40-93(81)116)67-105-106(104)113(90)91-52-50-77(115-98-55-47-74(111(7,8)9)62-88(98)89-63-75(112(10,11)12)48-56-99(89)115)65-103(91)119(105)101-44-28-38-85-84-37-27-43-100(107(84)120-108(85)101)118-94-41-25-21-35-82(94)83-36-22-26-42-95(83)118/h13-67H,1-12H3/i19D,20D,21D,22D,23D,24D,25D,26D,33D,34D,35D,36D,39D,40D,41D,42D. The van der Waals surface area contributed by atoms with Gasteiger partial charge in [-0.25, -0.2) is 0 Å². The lowest BCUT2D eigenvalue weighted by atomic mass is 9.33. The highest BCUT2D eigenvalue weighted by Gasteiger charge is 2.46. The van der Waals surface area contributed by atoms with Crippen molar-refractivity contribution in [1.29, 1.82) is 0 Å². The Bertz CT molecular complexity index is 8590. The van der Waals surface area contributed by atoms with Crippen LogP contribution < -0.4 is 26.2 Å². The molecule has 0 atom stereocenters. The van der Waals surface area contributed by atoms with Crippen molar-refractivity contribution in [1.82, 2.24) is 18.3 Å². The molecule has 2 aliphatic rings. The van der Waals surface area contributed by atoms with Gasteiger partial charge in [-0.2, -0.15) is 0 Å². The molecule has 0 radical (unpaired) electrons. The SMILES string of the molecule is [2H]c1c([2H])c([2H])c2c(c1[2H])c1c([2H])c([2H])c([2H])c([2H])c1n2-c1cc2c3c(c1)N(c1cccc4c1oc1c(-n5c6c([2H])c([2H])c([2H])c([2H])c6c6c([2H])c([2H])c([2H])c([2H])c65)cccc14)c1cc(-n4c5ccc(C(C)(C)C)cc5c5cc(C(C)(C)C)ccc54)ccc1B3c1ccc(-n3c4ccc(C(C)(C)C)cc4c4cc(C(C)(C)C)ccc43)cc1N2c1cc(-c2ccccc2)cc(-c2ccccc2)c1. The van der Waals surface area contributed by atoms with Crippen LogP contribution in [0.5, 0.6) is 0 Å². The van der Waals surface area contributed by atoms with Gasteiger partial charge in [-0.15, -0.1) is 0 Å². The molecular formula is C112H91BN6O. The Morgan fingerprint density at radius 3 is 1.00 bits per heavy atom. The maximum absolute atomic E-state index is 10.3. The first-order chi connectivity index (χ1) is 64.7. The van der Waals surface area contributed by atoms with Crippen molar-refractivity contribution < 1.29 is 26.3 Å². The number of rotatable bonds is 8. The highest BCUT2D eigenvalue weighted by Crippen LogP contribution is 2.53. The zero-order valence-electron chi connectivity index (χ0n) is 84.7. The summed E-state index contributed by atoms with van der Waals surface area (Å²) in [5, 5.41) is 4.97. The Morgan fingerprint density at radius 1 is 0.242 bits per heavy atom. The van der Waals surface area contributed by atoms with E-state index in [2.05, 4.69) is 254 Å². The van der Waals surface area contributed by atoms with Crippen LogP contribution in [0.4, 0.5) is 34.1 Å². The van der Waals surface area contributed by atoms with E-state index in [-0.39, 0.29) is 82.2 Å². The van der Waals surface area contributed by atoms with Crippen LogP contribution in [0.1, 0.15) is 127 Å². The molecule has 0 aliphatic carbocycles. The molecule has 8 heteroatoms. The Kier molecular flexibility index (Phi) is 12.2. The van der Waals surface area contributed by atoms with Gasteiger partial charge in [0.2, 0.25) is 0 Å². The van der Waals surface area contributed by atoms with Crippen LogP contribution in [-0.4, -0.2) is 25.0 Å². The molecule has 7 heterocycles. The molecule has 5 aromatic heterocycles. The predicted octanol–water partition coefficient (Wildman–Crippen LogP) is 28.6. The number of fused-ring (bicyclic) bond motifs is 19. The number of nitrogens with zero attached hydrogens (tertiary/aromatic N) is 6. The number of para-hydroxylation sites is 6. The molecule has 0 amide bonds. The lowest BCUT2D eigenvalue weighted by Gasteiger charge is -2.44. The summed E-state index contributed by atoms with van der Waals surface area (Å²) in [6.07, 6.45) is 0. The van der Waals surface area contributed by atoms with Gasteiger partial charge in [0.05, 0.1) is 83.1 Å². The van der Waals surface area contributed by atoms with Gasteiger partial charge in [0.15, 0.2) is 11.2 Å². The summed E-state index contributed by atoms with van der Waals surface area (Å²) in [4.78, 5) is 4.48. The minimum Gasteiger partial charge on any atom is -0.452 e. The van der Waals surface area contributed by atoms with Crippen LogP contribution in [0.2, 0.25) is 0 Å². The molecular weight excluding hydrogens is 1460 g/mol. The topological polar surface area (TPSA) is 39.3 Å². The third kappa shape index (κ3) is 10.8. The van der Waals surface area contributed by atoms with Crippen molar-refractivity contribution in [3.63, 3.8) is 0 Å². The predicted molar refractivity (Wildman–Crippen MR) is 511 cm³/mol. The van der Waals surface area contributed by atoms with E-state index in [1.54, 1.807) is 16.7 Å². The van der Waals surface area contributed by atoms with E-state index in [1.165, 1.54) is 15.7 Å². The second-order valence-electron chi connectivity index (χ2n) is 36.6. The van der Waals surface area contributed by atoms with E-state index in [4.69, 9.17) is 7.16 Å². The summed E-state index contributed by atoms with van der Waals surface area (Å²) in [6.45, 7) is 26.1. The summed E-state index contributed by atoms with van der Waals surface area (Å²) in [5.74, 6) is 0. The van der Waals surface area contributed by atoms with E-state index in [0.29, 0.717) is 44.8 Å². The zero-order valence-corrected chi connectivity index (χ0v) is 68.7. The molecule has 120 heavy (non-hydrogen) atoms. The molecule has 21 aromatic rings. The Labute approximate surface area is 722 Å². The van der Waals surface area contributed by atoms with Crippen LogP contribution in [0.25, 0.3) is 154 Å². The Hall–Kier alpha value is -13.8. The molecule has 578 valence electrons. The number of aromatic nitrogens is 4. The van der Waals surface area contributed by atoms with Crippen molar-refractivity contribution in [2.24, 2.45) is 0 Å². The maximum Gasteiger partial charge on any atom is 0.252 e. The van der Waals surface area contributed by atoms with Crippen molar-refractivity contribution in [2.45, 2.75) is 105 Å². The normalized spacial score (nSPS) is 15.2. The molecule has 23 rings (SSSR count). The van der Waals surface area contributed by atoms with E-state index in [1.807, 2.05) is 72.8 Å². The summed E-state index contributed by atoms with van der Waals surface area (Å²) < 4.78 is 169. The minimum absolute atomic E-state index is 0.0937.